The summed E-state index contributed by atoms with van der Waals surface area (Å²) in [4.78, 5) is 22.9. The van der Waals surface area contributed by atoms with Crippen LogP contribution in [0.4, 0.5) is 5.13 Å². The van der Waals surface area contributed by atoms with Crippen LogP contribution in [0.5, 0.6) is 0 Å². The molecule has 2 aromatic heterocycles. The molecule has 102 valence electrons. The molecule has 0 amide bonds. The van der Waals surface area contributed by atoms with Crippen LogP contribution in [-0.4, -0.2) is 30.1 Å². The SMILES string of the molecule is COC(=O)c1sc(N(C)Cc2csc(C)n2)nc1C. The first-order valence-electron chi connectivity index (χ1n) is 5.69. The number of carbonyl (C=O) groups is 1. The van der Waals surface area contributed by atoms with Gasteiger partial charge < -0.3 is 9.64 Å². The Kier molecular flexibility index (Phi) is 4.16. The van der Waals surface area contributed by atoms with Crippen LogP contribution in [0.2, 0.25) is 0 Å². The number of hydrogen-bond donors (Lipinski definition) is 0. The first kappa shape index (κ1) is 14.0. The molecule has 0 saturated carbocycles. The third-order valence-electron chi connectivity index (χ3n) is 2.55. The first-order chi connectivity index (χ1) is 9.01. The van der Waals surface area contributed by atoms with Crippen molar-refractivity contribution in [2.45, 2.75) is 20.4 Å². The third-order valence-corrected chi connectivity index (χ3v) is 4.62. The zero-order chi connectivity index (χ0) is 14.0. The van der Waals surface area contributed by atoms with Crippen molar-refractivity contribution in [3.8, 4) is 0 Å². The van der Waals surface area contributed by atoms with Gasteiger partial charge in [-0.05, 0) is 13.8 Å². The summed E-state index contributed by atoms with van der Waals surface area (Å²) in [5.74, 6) is -0.334. The van der Waals surface area contributed by atoms with Gasteiger partial charge in [0.1, 0.15) is 4.88 Å². The summed E-state index contributed by atoms with van der Waals surface area (Å²) in [6, 6.07) is 0. The Morgan fingerprint density at radius 2 is 2.16 bits per heavy atom. The van der Waals surface area contributed by atoms with E-state index in [1.54, 1.807) is 11.3 Å². The van der Waals surface area contributed by atoms with Crippen molar-refractivity contribution in [2.24, 2.45) is 0 Å². The zero-order valence-electron chi connectivity index (χ0n) is 11.3. The van der Waals surface area contributed by atoms with Gasteiger partial charge in [0.25, 0.3) is 0 Å². The van der Waals surface area contributed by atoms with Crippen LogP contribution in [0.3, 0.4) is 0 Å². The lowest BCUT2D eigenvalue weighted by Crippen LogP contribution is -2.16. The minimum Gasteiger partial charge on any atom is -0.465 e. The Balaban J connectivity index is 2.15. The number of nitrogens with zero attached hydrogens (tertiary/aromatic N) is 3. The van der Waals surface area contributed by atoms with Gasteiger partial charge in [0, 0.05) is 12.4 Å². The van der Waals surface area contributed by atoms with Crippen molar-refractivity contribution in [1.82, 2.24) is 9.97 Å². The third kappa shape index (κ3) is 3.10. The van der Waals surface area contributed by atoms with Crippen molar-refractivity contribution >= 4 is 33.8 Å². The molecule has 0 unspecified atom stereocenters. The molecule has 0 spiro atoms. The molecule has 5 nitrogen and oxygen atoms in total. The van der Waals surface area contributed by atoms with Crippen LogP contribution in [-0.2, 0) is 11.3 Å². The average molecular weight is 297 g/mol. The highest BCUT2D eigenvalue weighted by atomic mass is 32.1. The summed E-state index contributed by atoms with van der Waals surface area (Å²) in [6.07, 6.45) is 0. The number of methoxy groups -OCH3 is 1. The van der Waals surface area contributed by atoms with Crippen LogP contribution < -0.4 is 4.90 Å². The molecule has 0 saturated heterocycles. The molecule has 2 rings (SSSR count). The quantitative estimate of drug-likeness (QED) is 0.812. The molecule has 0 fully saturated rings. The molecule has 0 aliphatic rings. The fraction of sp³-hybridized carbons (Fsp3) is 0.417. The standard InChI is InChI=1S/C12H15N3O2S2/c1-7-10(11(16)17-4)19-12(13-7)15(3)5-9-6-18-8(2)14-9/h6H,5H2,1-4H3. The molecule has 7 heteroatoms. The molecule has 0 aliphatic carbocycles. The van der Waals surface area contributed by atoms with E-state index < -0.39 is 0 Å². The van der Waals surface area contributed by atoms with E-state index >= 15 is 0 Å². The van der Waals surface area contributed by atoms with Crippen molar-refractivity contribution in [3.05, 3.63) is 26.7 Å². The minimum absolute atomic E-state index is 0.334. The van der Waals surface area contributed by atoms with Gasteiger partial charge in [0.05, 0.1) is 30.1 Å². The van der Waals surface area contributed by atoms with Crippen LogP contribution >= 0.6 is 22.7 Å². The highest BCUT2D eigenvalue weighted by Crippen LogP contribution is 2.27. The fourth-order valence-electron chi connectivity index (χ4n) is 1.62. The van der Waals surface area contributed by atoms with E-state index in [1.807, 2.05) is 31.2 Å². The lowest BCUT2D eigenvalue weighted by Gasteiger charge is -2.13. The van der Waals surface area contributed by atoms with Crippen molar-refractivity contribution in [1.29, 1.82) is 0 Å². The van der Waals surface area contributed by atoms with E-state index in [2.05, 4.69) is 9.97 Å². The van der Waals surface area contributed by atoms with Gasteiger partial charge in [0.15, 0.2) is 5.13 Å². The summed E-state index contributed by atoms with van der Waals surface area (Å²) in [7, 11) is 3.32. The summed E-state index contributed by atoms with van der Waals surface area (Å²) in [5, 5.41) is 3.88. The monoisotopic (exact) mass is 297 g/mol. The average Bonchev–Trinajstić information content (AvgIpc) is 2.95. The smallest absolute Gasteiger partial charge is 0.350 e. The van der Waals surface area contributed by atoms with Gasteiger partial charge in [-0.2, -0.15) is 0 Å². The molecular weight excluding hydrogens is 282 g/mol. The van der Waals surface area contributed by atoms with Crippen molar-refractivity contribution in [3.63, 3.8) is 0 Å². The van der Waals surface area contributed by atoms with E-state index in [1.165, 1.54) is 18.4 Å². The number of carbonyl (C=O) groups excluding carboxylic acids is 1. The maximum absolute atomic E-state index is 11.6. The van der Waals surface area contributed by atoms with Gasteiger partial charge >= 0.3 is 5.97 Å². The van der Waals surface area contributed by atoms with E-state index in [9.17, 15) is 4.79 Å². The Hall–Kier alpha value is -1.47. The van der Waals surface area contributed by atoms with Crippen LogP contribution in [0.1, 0.15) is 26.1 Å². The normalized spacial score (nSPS) is 10.5. The van der Waals surface area contributed by atoms with E-state index in [-0.39, 0.29) is 5.97 Å². The number of rotatable bonds is 4. The maximum Gasteiger partial charge on any atom is 0.350 e. The topological polar surface area (TPSA) is 55.3 Å². The largest absolute Gasteiger partial charge is 0.465 e. The molecule has 0 aliphatic heterocycles. The maximum atomic E-state index is 11.6. The van der Waals surface area contributed by atoms with Crippen molar-refractivity contribution < 1.29 is 9.53 Å². The number of thiazole rings is 2. The molecule has 2 aromatic rings. The molecule has 0 aromatic carbocycles. The van der Waals surface area contributed by atoms with Crippen molar-refractivity contribution in [2.75, 3.05) is 19.1 Å². The predicted molar refractivity (Wildman–Crippen MR) is 77.1 cm³/mol. The van der Waals surface area contributed by atoms with Gasteiger partial charge in [0.2, 0.25) is 0 Å². The Morgan fingerprint density at radius 3 is 2.74 bits per heavy atom. The van der Waals surface area contributed by atoms with Gasteiger partial charge in [-0.1, -0.05) is 11.3 Å². The molecule has 0 bridgehead atoms. The van der Waals surface area contributed by atoms with E-state index in [4.69, 9.17) is 4.74 Å². The predicted octanol–water partition coefficient (Wildman–Crippen LogP) is 2.64. The molecule has 19 heavy (non-hydrogen) atoms. The number of anilines is 1. The second-order valence-electron chi connectivity index (χ2n) is 4.12. The Labute approximate surface area is 119 Å². The second-order valence-corrected chi connectivity index (χ2v) is 6.16. The number of aryl methyl sites for hydroxylation is 2. The molecule has 0 radical (unpaired) electrons. The number of hydrogen-bond acceptors (Lipinski definition) is 7. The van der Waals surface area contributed by atoms with Gasteiger partial charge in [-0.25, -0.2) is 14.8 Å². The number of aromatic nitrogens is 2. The highest BCUT2D eigenvalue weighted by Gasteiger charge is 2.18. The Bertz CT molecular complexity index is 592. The van der Waals surface area contributed by atoms with E-state index in [0.29, 0.717) is 17.1 Å². The summed E-state index contributed by atoms with van der Waals surface area (Å²) >= 11 is 2.97. The van der Waals surface area contributed by atoms with E-state index in [0.717, 1.165) is 15.8 Å². The van der Waals surface area contributed by atoms with Crippen LogP contribution in [0.25, 0.3) is 0 Å². The van der Waals surface area contributed by atoms with Crippen LogP contribution in [0, 0.1) is 13.8 Å². The van der Waals surface area contributed by atoms with Crippen LogP contribution in [0.15, 0.2) is 5.38 Å². The minimum atomic E-state index is -0.334. The molecule has 0 atom stereocenters. The lowest BCUT2D eigenvalue weighted by molar-refractivity contribution is 0.0605. The number of esters is 1. The van der Waals surface area contributed by atoms with Gasteiger partial charge in [-0.3, -0.25) is 0 Å². The number of ether oxygens (including phenoxy) is 1. The summed E-state index contributed by atoms with van der Waals surface area (Å²) in [6.45, 7) is 4.47. The fourth-order valence-corrected chi connectivity index (χ4v) is 3.17. The summed E-state index contributed by atoms with van der Waals surface area (Å²) < 4.78 is 4.73. The molecule has 2 heterocycles. The lowest BCUT2D eigenvalue weighted by atomic mass is 10.4. The second kappa shape index (κ2) is 5.66. The summed E-state index contributed by atoms with van der Waals surface area (Å²) in [5.41, 5.74) is 1.71. The Morgan fingerprint density at radius 1 is 1.42 bits per heavy atom. The first-order valence-corrected chi connectivity index (χ1v) is 7.38. The molecule has 0 N–H and O–H groups in total. The zero-order valence-corrected chi connectivity index (χ0v) is 12.9. The molecular formula is C12H15N3O2S2. The highest BCUT2D eigenvalue weighted by molar-refractivity contribution is 7.17. The van der Waals surface area contributed by atoms with Gasteiger partial charge in [-0.15, -0.1) is 11.3 Å².